The highest BCUT2D eigenvalue weighted by atomic mass is 35.5. The summed E-state index contributed by atoms with van der Waals surface area (Å²) < 4.78 is 0. The molecule has 1 unspecified atom stereocenters. The fourth-order valence-electron chi connectivity index (χ4n) is 2.05. The van der Waals surface area contributed by atoms with E-state index in [0.717, 1.165) is 6.42 Å². The molecule has 1 aromatic rings. The van der Waals surface area contributed by atoms with E-state index in [4.69, 9.17) is 5.73 Å². The number of hydrogen-bond acceptors (Lipinski definition) is 4. The molecular weight excluding hydrogens is 306 g/mol. The highest BCUT2D eigenvalue weighted by Crippen LogP contribution is 2.15. The SMILES string of the molecule is C=CCN(Cc1cccc([N+](=O)[O-])c1)C(=O)C(N)CCC.Cl. The van der Waals surface area contributed by atoms with Crippen molar-refractivity contribution >= 4 is 24.0 Å². The molecule has 0 aliphatic heterocycles. The lowest BCUT2D eigenvalue weighted by Gasteiger charge is -2.24. The second-order valence-electron chi connectivity index (χ2n) is 4.83. The topological polar surface area (TPSA) is 89.5 Å². The van der Waals surface area contributed by atoms with E-state index >= 15 is 0 Å². The molecule has 0 spiro atoms. The summed E-state index contributed by atoms with van der Waals surface area (Å²) >= 11 is 0. The summed E-state index contributed by atoms with van der Waals surface area (Å²) in [6, 6.07) is 5.70. The average Bonchev–Trinajstić information content (AvgIpc) is 2.46. The van der Waals surface area contributed by atoms with Crippen molar-refractivity contribution in [3.8, 4) is 0 Å². The molecule has 0 saturated carbocycles. The Morgan fingerprint density at radius 2 is 2.23 bits per heavy atom. The number of hydrogen-bond donors (Lipinski definition) is 1. The van der Waals surface area contributed by atoms with Gasteiger partial charge in [-0.3, -0.25) is 14.9 Å². The van der Waals surface area contributed by atoms with Crippen molar-refractivity contribution in [2.75, 3.05) is 6.54 Å². The van der Waals surface area contributed by atoms with Gasteiger partial charge in [0, 0.05) is 25.2 Å². The van der Waals surface area contributed by atoms with Crippen molar-refractivity contribution in [3.05, 3.63) is 52.6 Å². The molecule has 122 valence electrons. The Kier molecular flexibility index (Phi) is 9.05. The van der Waals surface area contributed by atoms with Crippen LogP contribution in [0.15, 0.2) is 36.9 Å². The molecule has 2 N–H and O–H groups in total. The number of carbonyl (C=O) groups is 1. The third-order valence-electron chi connectivity index (χ3n) is 3.07. The van der Waals surface area contributed by atoms with Gasteiger partial charge in [-0.25, -0.2) is 0 Å². The van der Waals surface area contributed by atoms with E-state index in [1.54, 1.807) is 23.1 Å². The van der Waals surface area contributed by atoms with Crippen LogP contribution in [0.2, 0.25) is 0 Å². The third-order valence-corrected chi connectivity index (χ3v) is 3.07. The van der Waals surface area contributed by atoms with Gasteiger partial charge in [0.15, 0.2) is 0 Å². The molecule has 22 heavy (non-hydrogen) atoms. The van der Waals surface area contributed by atoms with Crippen molar-refractivity contribution in [1.29, 1.82) is 0 Å². The molecule has 0 aromatic heterocycles. The van der Waals surface area contributed by atoms with Crippen LogP contribution in [0, 0.1) is 10.1 Å². The molecule has 1 aromatic carbocycles. The van der Waals surface area contributed by atoms with E-state index < -0.39 is 11.0 Å². The zero-order chi connectivity index (χ0) is 15.8. The summed E-state index contributed by atoms with van der Waals surface area (Å²) in [5, 5.41) is 10.8. The highest BCUT2D eigenvalue weighted by Gasteiger charge is 2.20. The second kappa shape index (κ2) is 9.92. The van der Waals surface area contributed by atoms with Gasteiger partial charge in [-0.05, 0) is 12.0 Å². The largest absolute Gasteiger partial charge is 0.333 e. The lowest BCUT2D eigenvalue weighted by Crippen LogP contribution is -2.43. The van der Waals surface area contributed by atoms with Crippen LogP contribution in [0.1, 0.15) is 25.3 Å². The van der Waals surface area contributed by atoms with Gasteiger partial charge in [0.25, 0.3) is 5.69 Å². The number of nitrogens with two attached hydrogens (primary N) is 1. The summed E-state index contributed by atoms with van der Waals surface area (Å²) in [4.78, 5) is 24.2. The van der Waals surface area contributed by atoms with Crippen molar-refractivity contribution in [2.45, 2.75) is 32.4 Å². The molecule has 0 radical (unpaired) electrons. The van der Waals surface area contributed by atoms with Crippen LogP contribution in [0.5, 0.6) is 0 Å². The van der Waals surface area contributed by atoms with Crippen LogP contribution in [0.3, 0.4) is 0 Å². The summed E-state index contributed by atoms with van der Waals surface area (Å²) in [6.07, 6.45) is 3.06. The number of halogens is 1. The van der Waals surface area contributed by atoms with Crippen LogP contribution in [-0.2, 0) is 11.3 Å². The van der Waals surface area contributed by atoms with Gasteiger partial charge in [0.05, 0.1) is 11.0 Å². The molecule has 0 aliphatic carbocycles. The highest BCUT2D eigenvalue weighted by molar-refractivity contribution is 5.85. The van der Waals surface area contributed by atoms with Crippen molar-refractivity contribution < 1.29 is 9.72 Å². The first-order valence-electron chi connectivity index (χ1n) is 6.88. The number of rotatable bonds is 8. The summed E-state index contributed by atoms with van der Waals surface area (Å²) in [6.45, 7) is 6.24. The number of carbonyl (C=O) groups excluding carboxylic acids is 1. The van der Waals surface area contributed by atoms with Gasteiger partial charge in [-0.15, -0.1) is 19.0 Å². The van der Waals surface area contributed by atoms with Gasteiger partial charge in [-0.2, -0.15) is 0 Å². The van der Waals surface area contributed by atoms with Crippen molar-refractivity contribution in [3.63, 3.8) is 0 Å². The predicted molar refractivity (Wildman–Crippen MR) is 88.8 cm³/mol. The summed E-state index contributed by atoms with van der Waals surface area (Å²) in [5.74, 6) is -0.164. The van der Waals surface area contributed by atoms with E-state index in [1.807, 2.05) is 6.92 Å². The number of nitro groups is 1. The Balaban J connectivity index is 0.00000441. The molecule has 0 heterocycles. The van der Waals surface area contributed by atoms with Gasteiger partial charge >= 0.3 is 0 Å². The third kappa shape index (κ3) is 5.83. The number of non-ortho nitro benzene ring substituents is 1. The molecular formula is C15H22ClN3O3. The van der Waals surface area contributed by atoms with Crippen molar-refractivity contribution in [2.24, 2.45) is 5.73 Å². The number of nitrogens with zero attached hydrogens (tertiary/aromatic N) is 2. The van der Waals surface area contributed by atoms with Gasteiger partial charge in [0.2, 0.25) is 5.91 Å². The minimum atomic E-state index is -0.548. The average molecular weight is 328 g/mol. The monoisotopic (exact) mass is 327 g/mol. The number of nitro benzene ring substituents is 1. The van der Waals surface area contributed by atoms with Gasteiger partial charge < -0.3 is 10.6 Å². The predicted octanol–water partition coefficient (Wildman–Crippen LogP) is 2.66. The van der Waals surface area contributed by atoms with E-state index in [0.29, 0.717) is 18.5 Å². The van der Waals surface area contributed by atoms with E-state index in [2.05, 4.69) is 6.58 Å². The Bertz CT molecular complexity index is 523. The van der Waals surface area contributed by atoms with Crippen molar-refractivity contribution in [1.82, 2.24) is 4.90 Å². The molecule has 0 saturated heterocycles. The Hall–Kier alpha value is -1.92. The minimum absolute atomic E-state index is 0. The summed E-state index contributed by atoms with van der Waals surface area (Å²) in [7, 11) is 0. The smallest absolute Gasteiger partial charge is 0.269 e. The Morgan fingerprint density at radius 3 is 2.77 bits per heavy atom. The second-order valence-corrected chi connectivity index (χ2v) is 4.83. The van der Waals surface area contributed by atoms with Crippen LogP contribution < -0.4 is 5.73 Å². The maximum Gasteiger partial charge on any atom is 0.269 e. The molecule has 7 heteroatoms. The minimum Gasteiger partial charge on any atom is -0.333 e. The fourth-order valence-corrected chi connectivity index (χ4v) is 2.05. The zero-order valence-corrected chi connectivity index (χ0v) is 13.4. The van der Waals surface area contributed by atoms with Gasteiger partial charge in [-0.1, -0.05) is 31.6 Å². The van der Waals surface area contributed by atoms with Gasteiger partial charge in [0.1, 0.15) is 0 Å². The van der Waals surface area contributed by atoms with Crippen LogP contribution in [-0.4, -0.2) is 28.3 Å². The molecule has 1 atom stereocenters. The Labute approximate surface area is 136 Å². The first-order valence-corrected chi connectivity index (χ1v) is 6.88. The first kappa shape index (κ1) is 20.1. The van der Waals surface area contributed by atoms with Crippen LogP contribution in [0.25, 0.3) is 0 Å². The molecule has 1 rings (SSSR count). The maximum atomic E-state index is 12.3. The number of amides is 1. The molecule has 1 amide bonds. The van der Waals surface area contributed by atoms with E-state index in [1.165, 1.54) is 12.1 Å². The standard InChI is InChI=1S/C15H21N3O3.ClH/c1-3-6-14(16)15(19)17(9-4-2)11-12-7-5-8-13(10-12)18(20)21;/h4-5,7-8,10,14H,2-3,6,9,11,16H2,1H3;1H. The van der Waals surface area contributed by atoms with E-state index in [-0.39, 0.29) is 30.5 Å². The lowest BCUT2D eigenvalue weighted by molar-refractivity contribution is -0.384. The molecule has 0 aliphatic rings. The summed E-state index contributed by atoms with van der Waals surface area (Å²) in [5.41, 5.74) is 6.56. The quantitative estimate of drug-likeness (QED) is 0.451. The van der Waals surface area contributed by atoms with Crippen LogP contribution in [0.4, 0.5) is 5.69 Å². The molecule has 0 fully saturated rings. The van der Waals surface area contributed by atoms with E-state index in [9.17, 15) is 14.9 Å². The zero-order valence-electron chi connectivity index (χ0n) is 12.6. The maximum absolute atomic E-state index is 12.3. The number of benzene rings is 1. The fraction of sp³-hybridized carbons (Fsp3) is 0.400. The Morgan fingerprint density at radius 1 is 1.55 bits per heavy atom. The lowest BCUT2D eigenvalue weighted by atomic mass is 10.1. The molecule has 6 nitrogen and oxygen atoms in total. The molecule has 0 bridgehead atoms. The normalized spacial score (nSPS) is 11.2. The van der Waals surface area contributed by atoms with Crippen LogP contribution >= 0.6 is 12.4 Å². The first-order chi connectivity index (χ1) is 9.99.